The summed E-state index contributed by atoms with van der Waals surface area (Å²) in [4.78, 5) is 0. The van der Waals surface area contributed by atoms with Crippen LogP contribution in [0.4, 0.5) is 8.78 Å². The lowest BCUT2D eigenvalue weighted by Crippen LogP contribution is -2.34. The van der Waals surface area contributed by atoms with Crippen molar-refractivity contribution in [2.24, 2.45) is 0 Å². The normalized spacial score (nSPS) is 14.5. The molecule has 0 heterocycles. The van der Waals surface area contributed by atoms with Crippen LogP contribution in [0.15, 0.2) is 18.2 Å². The van der Waals surface area contributed by atoms with Crippen LogP contribution in [0.2, 0.25) is 0 Å². The largest absolute Gasteiger partial charge is 0.313 e. The van der Waals surface area contributed by atoms with Crippen molar-refractivity contribution in [1.29, 1.82) is 0 Å². The lowest BCUT2D eigenvalue weighted by atomic mass is 9.90. The summed E-state index contributed by atoms with van der Waals surface area (Å²) in [5, 5.41) is 3.45. The van der Waals surface area contributed by atoms with E-state index >= 15 is 0 Å². The molecule has 0 amide bonds. The predicted octanol–water partition coefficient (Wildman–Crippen LogP) is 4.24. The molecule has 1 N–H and O–H groups in total. The first-order valence-electron chi connectivity index (χ1n) is 6.78. The van der Waals surface area contributed by atoms with Crippen LogP contribution in [0, 0.1) is 11.6 Å². The first-order chi connectivity index (χ1) is 8.60. The quantitative estimate of drug-likeness (QED) is 0.768. The molecule has 0 saturated carbocycles. The monoisotopic (exact) mass is 255 g/mol. The van der Waals surface area contributed by atoms with Gasteiger partial charge in [-0.1, -0.05) is 33.3 Å². The average Bonchev–Trinajstić information content (AvgIpc) is 2.33. The Labute approximate surface area is 109 Å². The molecule has 1 rings (SSSR count). The fourth-order valence-electron chi connectivity index (χ4n) is 2.26. The molecule has 0 saturated heterocycles. The van der Waals surface area contributed by atoms with Gasteiger partial charge in [-0.2, -0.15) is 0 Å². The van der Waals surface area contributed by atoms with E-state index in [9.17, 15) is 8.78 Å². The third-order valence-corrected chi connectivity index (χ3v) is 3.31. The zero-order chi connectivity index (χ0) is 13.5. The molecule has 2 unspecified atom stereocenters. The van der Waals surface area contributed by atoms with Gasteiger partial charge in [0.1, 0.15) is 11.6 Å². The summed E-state index contributed by atoms with van der Waals surface area (Å²) in [7, 11) is 0. The third-order valence-electron chi connectivity index (χ3n) is 3.31. The summed E-state index contributed by atoms with van der Waals surface area (Å²) in [6.07, 6.45) is 3.10. The highest BCUT2D eigenvalue weighted by Gasteiger charge is 2.20. The van der Waals surface area contributed by atoms with E-state index in [1.807, 2.05) is 6.92 Å². The third kappa shape index (κ3) is 4.05. The molecule has 1 aromatic carbocycles. The molecular formula is C15H23F2N. The minimum atomic E-state index is -0.517. The number of hydrogen-bond acceptors (Lipinski definition) is 1. The van der Waals surface area contributed by atoms with Crippen LogP contribution in [-0.2, 0) is 0 Å². The van der Waals surface area contributed by atoms with Crippen LogP contribution in [0.25, 0.3) is 0 Å². The predicted molar refractivity (Wildman–Crippen MR) is 71.8 cm³/mol. The summed E-state index contributed by atoms with van der Waals surface area (Å²) in [5.74, 6) is -0.906. The number of rotatable bonds is 7. The van der Waals surface area contributed by atoms with Gasteiger partial charge in [-0.15, -0.1) is 0 Å². The van der Waals surface area contributed by atoms with E-state index in [4.69, 9.17) is 0 Å². The molecular weight excluding hydrogens is 232 g/mol. The number of benzene rings is 1. The lowest BCUT2D eigenvalue weighted by Gasteiger charge is -2.25. The van der Waals surface area contributed by atoms with Crippen LogP contribution in [0.5, 0.6) is 0 Å². The smallest absolute Gasteiger partial charge is 0.129 e. The van der Waals surface area contributed by atoms with Crippen LogP contribution in [-0.4, -0.2) is 12.6 Å². The van der Waals surface area contributed by atoms with E-state index in [0.717, 1.165) is 31.9 Å². The van der Waals surface area contributed by atoms with Gasteiger partial charge in [0.15, 0.2) is 0 Å². The van der Waals surface area contributed by atoms with Crippen molar-refractivity contribution in [3.05, 3.63) is 35.4 Å². The van der Waals surface area contributed by atoms with Gasteiger partial charge in [0.25, 0.3) is 0 Å². The van der Waals surface area contributed by atoms with Gasteiger partial charge in [0, 0.05) is 12.1 Å². The maximum Gasteiger partial charge on any atom is 0.129 e. The Hall–Kier alpha value is -0.960. The van der Waals surface area contributed by atoms with Gasteiger partial charge in [-0.05, 0) is 36.9 Å². The van der Waals surface area contributed by atoms with Gasteiger partial charge in [-0.25, -0.2) is 8.78 Å². The van der Waals surface area contributed by atoms with Crippen LogP contribution in [0.1, 0.15) is 51.5 Å². The summed E-state index contributed by atoms with van der Waals surface area (Å²) in [5.41, 5.74) is 0.596. The van der Waals surface area contributed by atoms with Crippen LogP contribution < -0.4 is 5.32 Å². The summed E-state index contributed by atoms with van der Waals surface area (Å²) in [6.45, 7) is 7.16. The molecule has 0 fully saturated rings. The molecule has 3 heteroatoms. The second kappa shape index (κ2) is 7.47. The highest BCUT2D eigenvalue weighted by atomic mass is 19.1. The van der Waals surface area contributed by atoms with Crippen molar-refractivity contribution in [2.45, 2.75) is 52.0 Å². The van der Waals surface area contributed by atoms with E-state index in [0.29, 0.717) is 5.56 Å². The van der Waals surface area contributed by atoms with Crippen molar-refractivity contribution in [3.63, 3.8) is 0 Å². The molecule has 0 aliphatic carbocycles. The lowest BCUT2D eigenvalue weighted by molar-refractivity contribution is 0.410. The molecule has 18 heavy (non-hydrogen) atoms. The molecule has 0 aliphatic rings. The first-order valence-corrected chi connectivity index (χ1v) is 6.78. The van der Waals surface area contributed by atoms with E-state index in [1.54, 1.807) is 6.07 Å². The highest BCUT2D eigenvalue weighted by Crippen LogP contribution is 2.25. The highest BCUT2D eigenvalue weighted by molar-refractivity contribution is 5.23. The Morgan fingerprint density at radius 2 is 1.89 bits per heavy atom. The molecule has 0 bridgehead atoms. The summed E-state index contributed by atoms with van der Waals surface area (Å²) in [6, 6.07) is 4.10. The van der Waals surface area contributed by atoms with Crippen molar-refractivity contribution in [1.82, 2.24) is 5.32 Å². The number of halogens is 2. The number of hydrogen-bond donors (Lipinski definition) is 1. The molecule has 1 aromatic rings. The van der Waals surface area contributed by atoms with E-state index in [2.05, 4.69) is 19.2 Å². The topological polar surface area (TPSA) is 12.0 Å². The standard InChI is InChI=1S/C15H23F2N/c1-4-6-15(18-9-5-2)11(3)13-8-7-12(16)10-14(13)17/h7-8,10-11,15,18H,4-6,9H2,1-3H3. The van der Waals surface area contributed by atoms with Gasteiger partial charge in [0.05, 0.1) is 0 Å². The Bertz CT molecular complexity index is 366. The van der Waals surface area contributed by atoms with Crippen molar-refractivity contribution in [3.8, 4) is 0 Å². The maximum absolute atomic E-state index is 13.8. The maximum atomic E-state index is 13.8. The summed E-state index contributed by atoms with van der Waals surface area (Å²) >= 11 is 0. The van der Waals surface area contributed by atoms with E-state index in [-0.39, 0.29) is 12.0 Å². The van der Waals surface area contributed by atoms with Gasteiger partial charge in [0.2, 0.25) is 0 Å². The second-order valence-corrected chi connectivity index (χ2v) is 4.80. The van der Waals surface area contributed by atoms with Gasteiger partial charge in [-0.3, -0.25) is 0 Å². The van der Waals surface area contributed by atoms with E-state index in [1.165, 1.54) is 6.07 Å². The molecule has 0 radical (unpaired) electrons. The SMILES string of the molecule is CCCNC(CCC)C(C)c1ccc(F)cc1F. The Morgan fingerprint density at radius 3 is 2.44 bits per heavy atom. The Balaban J connectivity index is 2.83. The molecule has 2 atom stereocenters. The van der Waals surface area contributed by atoms with Crippen molar-refractivity contribution < 1.29 is 8.78 Å². The minimum absolute atomic E-state index is 0.0529. The Morgan fingerprint density at radius 1 is 1.17 bits per heavy atom. The molecule has 1 nitrogen and oxygen atoms in total. The van der Waals surface area contributed by atoms with Gasteiger partial charge >= 0.3 is 0 Å². The summed E-state index contributed by atoms with van der Waals surface area (Å²) < 4.78 is 26.7. The minimum Gasteiger partial charge on any atom is -0.313 e. The molecule has 0 aliphatic heterocycles. The number of nitrogens with one attached hydrogen (secondary N) is 1. The first kappa shape index (κ1) is 15.1. The van der Waals surface area contributed by atoms with Crippen molar-refractivity contribution >= 4 is 0 Å². The van der Waals surface area contributed by atoms with Crippen molar-refractivity contribution in [2.75, 3.05) is 6.54 Å². The Kier molecular flexibility index (Phi) is 6.27. The molecule has 102 valence electrons. The van der Waals surface area contributed by atoms with Crippen LogP contribution >= 0.6 is 0 Å². The zero-order valence-electron chi connectivity index (χ0n) is 11.5. The van der Waals surface area contributed by atoms with E-state index < -0.39 is 11.6 Å². The molecule has 0 aromatic heterocycles. The fourth-order valence-corrected chi connectivity index (χ4v) is 2.26. The molecule has 0 spiro atoms. The fraction of sp³-hybridized carbons (Fsp3) is 0.600. The average molecular weight is 255 g/mol. The zero-order valence-corrected chi connectivity index (χ0v) is 11.5. The second-order valence-electron chi connectivity index (χ2n) is 4.80. The van der Waals surface area contributed by atoms with Gasteiger partial charge < -0.3 is 5.32 Å². The van der Waals surface area contributed by atoms with Crippen LogP contribution in [0.3, 0.4) is 0 Å².